The van der Waals surface area contributed by atoms with Gasteiger partial charge in [0.25, 0.3) is 0 Å². The van der Waals surface area contributed by atoms with Gasteiger partial charge in [0.05, 0.1) is 0 Å². The van der Waals surface area contributed by atoms with Gasteiger partial charge >= 0.3 is 0 Å². The second-order valence-corrected chi connectivity index (χ2v) is 6.89. The van der Waals surface area contributed by atoms with Gasteiger partial charge in [-0.2, -0.15) is 0 Å². The molecule has 19 heavy (non-hydrogen) atoms. The molecule has 2 rings (SSSR count). The minimum atomic E-state index is 0.447. The Balaban J connectivity index is 1.94. The Hall–Kier alpha value is -0.960. The Labute approximate surface area is 117 Å². The van der Waals surface area contributed by atoms with Crippen molar-refractivity contribution in [3.05, 3.63) is 23.8 Å². The monoisotopic (exact) mass is 261 g/mol. The third kappa shape index (κ3) is 3.75. The molecule has 0 amide bonds. The van der Waals surface area contributed by atoms with Gasteiger partial charge in [-0.1, -0.05) is 20.8 Å². The number of nitrogens with zero attached hydrogens (tertiary/aromatic N) is 2. The molecular weight excluding hydrogens is 234 g/mol. The first-order chi connectivity index (χ1) is 9.00. The van der Waals surface area contributed by atoms with E-state index in [1.165, 1.54) is 25.7 Å². The summed E-state index contributed by atoms with van der Waals surface area (Å²) in [7, 11) is 1.95. The van der Waals surface area contributed by atoms with E-state index < -0.39 is 0 Å². The zero-order valence-electron chi connectivity index (χ0n) is 12.7. The van der Waals surface area contributed by atoms with Gasteiger partial charge in [-0.25, -0.2) is 9.97 Å². The summed E-state index contributed by atoms with van der Waals surface area (Å²) in [5.74, 6) is 2.47. The molecule has 1 N–H and O–H groups in total. The standard InChI is InChI=1S/C16H27N3/c1-16(2,3)14-7-5-13(6-8-14)15-18-10-12(9-17-4)11-19-15/h10-11,13-14,17H,5-9H2,1-4H3. The maximum Gasteiger partial charge on any atom is 0.131 e. The Morgan fingerprint density at radius 3 is 2.16 bits per heavy atom. The van der Waals surface area contributed by atoms with Crippen LogP contribution in [0.1, 0.15) is 63.8 Å². The van der Waals surface area contributed by atoms with Crippen LogP contribution < -0.4 is 5.32 Å². The van der Waals surface area contributed by atoms with Gasteiger partial charge in [-0.3, -0.25) is 0 Å². The largest absolute Gasteiger partial charge is 0.316 e. The molecule has 1 fully saturated rings. The maximum absolute atomic E-state index is 4.56. The van der Waals surface area contributed by atoms with E-state index in [0.29, 0.717) is 11.3 Å². The topological polar surface area (TPSA) is 37.8 Å². The van der Waals surface area contributed by atoms with E-state index in [-0.39, 0.29) is 0 Å². The molecule has 1 heterocycles. The SMILES string of the molecule is CNCc1cnc(C2CCC(C(C)(C)C)CC2)nc1. The van der Waals surface area contributed by atoms with Crippen LogP contribution in [0.25, 0.3) is 0 Å². The van der Waals surface area contributed by atoms with Crippen LogP contribution in [0.4, 0.5) is 0 Å². The lowest BCUT2D eigenvalue weighted by atomic mass is 9.70. The molecule has 1 aromatic rings. The highest BCUT2D eigenvalue weighted by Gasteiger charge is 2.31. The molecule has 0 atom stereocenters. The molecule has 0 unspecified atom stereocenters. The summed E-state index contributed by atoms with van der Waals surface area (Å²) in [6, 6.07) is 0. The average Bonchev–Trinajstić information content (AvgIpc) is 2.39. The normalized spacial score (nSPS) is 24.4. The van der Waals surface area contributed by atoms with E-state index in [9.17, 15) is 0 Å². The molecule has 106 valence electrons. The first-order valence-corrected chi connectivity index (χ1v) is 7.46. The zero-order valence-corrected chi connectivity index (χ0v) is 12.7. The molecule has 1 aliphatic rings. The van der Waals surface area contributed by atoms with Gasteiger partial charge in [0, 0.05) is 30.4 Å². The first-order valence-electron chi connectivity index (χ1n) is 7.46. The number of hydrogen-bond donors (Lipinski definition) is 1. The fraction of sp³-hybridized carbons (Fsp3) is 0.750. The maximum atomic E-state index is 4.56. The van der Waals surface area contributed by atoms with E-state index in [2.05, 4.69) is 36.1 Å². The lowest BCUT2D eigenvalue weighted by molar-refractivity contribution is 0.167. The van der Waals surface area contributed by atoms with Crippen LogP contribution in [0.2, 0.25) is 0 Å². The van der Waals surface area contributed by atoms with Gasteiger partial charge < -0.3 is 5.32 Å². The quantitative estimate of drug-likeness (QED) is 0.904. The molecule has 3 heteroatoms. The predicted octanol–water partition coefficient (Wildman–Crippen LogP) is 3.52. The van der Waals surface area contributed by atoms with Crippen molar-refractivity contribution in [2.24, 2.45) is 11.3 Å². The molecule has 0 spiro atoms. The van der Waals surface area contributed by atoms with E-state index >= 15 is 0 Å². The van der Waals surface area contributed by atoms with Crippen LogP contribution in [0.15, 0.2) is 12.4 Å². The molecule has 0 aromatic carbocycles. The minimum absolute atomic E-state index is 0.447. The molecule has 0 aliphatic heterocycles. The number of rotatable bonds is 3. The van der Waals surface area contributed by atoms with Gasteiger partial charge in [0.15, 0.2) is 0 Å². The van der Waals surface area contributed by atoms with Crippen LogP contribution in [0, 0.1) is 11.3 Å². The van der Waals surface area contributed by atoms with Crippen LogP contribution in [-0.2, 0) is 6.54 Å². The summed E-state index contributed by atoms with van der Waals surface area (Å²) in [4.78, 5) is 9.11. The van der Waals surface area contributed by atoms with Crippen molar-refractivity contribution in [1.82, 2.24) is 15.3 Å². The molecule has 1 aromatic heterocycles. The van der Waals surface area contributed by atoms with Crippen molar-refractivity contribution >= 4 is 0 Å². The van der Waals surface area contributed by atoms with Crippen molar-refractivity contribution in [2.45, 2.75) is 58.9 Å². The predicted molar refractivity (Wildman–Crippen MR) is 78.9 cm³/mol. The van der Waals surface area contributed by atoms with Gasteiger partial charge in [0.2, 0.25) is 0 Å². The molecular formula is C16H27N3. The first kappa shape index (κ1) is 14.4. The van der Waals surface area contributed by atoms with Crippen LogP contribution in [0.5, 0.6) is 0 Å². The summed E-state index contributed by atoms with van der Waals surface area (Å²) in [6.07, 6.45) is 9.05. The highest BCUT2D eigenvalue weighted by Crippen LogP contribution is 2.42. The summed E-state index contributed by atoms with van der Waals surface area (Å²) in [5, 5.41) is 3.13. The molecule has 0 saturated heterocycles. The molecule has 0 radical (unpaired) electrons. The lowest BCUT2D eigenvalue weighted by Gasteiger charge is -2.36. The van der Waals surface area contributed by atoms with Crippen LogP contribution in [-0.4, -0.2) is 17.0 Å². The van der Waals surface area contributed by atoms with Gasteiger partial charge in [-0.05, 0) is 44.1 Å². The van der Waals surface area contributed by atoms with Crippen molar-refractivity contribution in [2.75, 3.05) is 7.05 Å². The van der Waals surface area contributed by atoms with Crippen molar-refractivity contribution < 1.29 is 0 Å². The Kier molecular flexibility index (Phi) is 4.56. The summed E-state index contributed by atoms with van der Waals surface area (Å²) < 4.78 is 0. The molecule has 1 aliphatic carbocycles. The summed E-state index contributed by atoms with van der Waals surface area (Å²) in [5.41, 5.74) is 1.61. The smallest absolute Gasteiger partial charge is 0.131 e. The zero-order chi connectivity index (χ0) is 13.9. The average molecular weight is 261 g/mol. The highest BCUT2D eigenvalue weighted by molar-refractivity contribution is 5.08. The number of nitrogens with one attached hydrogen (secondary N) is 1. The van der Waals surface area contributed by atoms with Crippen LogP contribution >= 0.6 is 0 Å². The van der Waals surface area contributed by atoms with E-state index in [4.69, 9.17) is 0 Å². The minimum Gasteiger partial charge on any atom is -0.316 e. The van der Waals surface area contributed by atoms with Crippen molar-refractivity contribution in [3.63, 3.8) is 0 Å². The van der Waals surface area contributed by atoms with Crippen LogP contribution in [0.3, 0.4) is 0 Å². The van der Waals surface area contributed by atoms with Gasteiger partial charge in [-0.15, -0.1) is 0 Å². The Morgan fingerprint density at radius 2 is 1.68 bits per heavy atom. The fourth-order valence-electron chi connectivity index (χ4n) is 3.09. The molecule has 0 bridgehead atoms. The highest BCUT2D eigenvalue weighted by atomic mass is 14.9. The Morgan fingerprint density at radius 1 is 1.11 bits per heavy atom. The number of hydrogen-bond acceptors (Lipinski definition) is 3. The van der Waals surface area contributed by atoms with Crippen molar-refractivity contribution in [3.8, 4) is 0 Å². The second-order valence-electron chi connectivity index (χ2n) is 6.89. The van der Waals surface area contributed by atoms with E-state index in [1.807, 2.05) is 19.4 Å². The van der Waals surface area contributed by atoms with Gasteiger partial charge in [0.1, 0.15) is 5.82 Å². The second kappa shape index (κ2) is 6.00. The van der Waals surface area contributed by atoms with E-state index in [1.54, 1.807) is 0 Å². The summed E-state index contributed by atoms with van der Waals surface area (Å²) in [6.45, 7) is 7.93. The molecule has 3 nitrogen and oxygen atoms in total. The number of aromatic nitrogens is 2. The third-order valence-electron chi connectivity index (χ3n) is 4.42. The fourth-order valence-corrected chi connectivity index (χ4v) is 3.09. The Bertz CT molecular complexity index is 383. The van der Waals surface area contributed by atoms with Crippen molar-refractivity contribution in [1.29, 1.82) is 0 Å². The summed E-state index contributed by atoms with van der Waals surface area (Å²) >= 11 is 0. The third-order valence-corrected chi connectivity index (χ3v) is 4.42. The van der Waals surface area contributed by atoms with E-state index in [0.717, 1.165) is 23.9 Å². The molecule has 1 saturated carbocycles. The lowest BCUT2D eigenvalue weighted by Crippen LogP contribution is -2.25.